The molecule has 0 bridgehead atoms. The number of aryl methyl sites for hydroxylation is 1. The Bertz CT molecular complexity index is 961. The fraction of sp³-hybridized carbons (Fsp3) is 0.350. The summed E-state index contributed by atoms with van der Waals surface area (Å²) in [5, 5.41) is 2.90. The number of ether oxygens (including phenoxy) is 1. The quantitative estimate of drug-likeness (QED) is 0.726. The molecule has 0 unspecified atom stereocenters. The van der Waals surface area contributed by atoms with Crippen molar-refractivity contribution in [3.05, 3.63) is 52.5 Å². The van der Waals surface area contributed by atoms with Crippen molar-refractivity contribution < 1.29 is 17.9 Å². The van der Waals surface area contributed by atoms with Gasteiger partial charge in [0.2, 0.25) is 15.9 Å². The molecule has 1 N–H and O–H groups in total. The minimum Gasteiger partial charge on any atom is -0.495 e. The van der Waals surface area contributed by atoms with Crippen LogP contribution in [0.25, 0.3) is 0 Å². The van der Waals surface area contributed by atoms with Gasteiger partial charge < -0.3 is 10.1 Å². The summed E-state index contributed by atoms with van der Waals surface area (Å²) in [5.74, 6) is -0.0297. The molecule has 0 saturated carbocycles. The SMILES string of the molecule is COc1ccc(C)cc1NC(=O)[C@@H]1CCCN(S(=O)(=O)c2ccc(Br)cc2)C1. The van der Waals surface area contributed by atoms with Crippen LogP contribution < -0.4 is 10.1 Å². The van der Waals surface area contributed by atoms with Crippen LogP contribution in [-0.2, 0) is 14.8 Å². The topological polar surface area (TPSA) is 75.7 Å². The molecule has 2 aromatic rings. The monoisotopic (exact) mass is 466 g/mol. The first-order chi connectivity index (χ1) is 13.3. The summed E-state index contributed by atoms with van der Waals surface area (Å²) in [6.45, 7) is 2.51. The van der Waals surface area contributed by atoms with Gasteiger partial charge in [-0.2, -0.15) is 4.31 Å². The number of nitrogens with zero attached hydrogens (tertiary/aromatic N) is 1. The van der Waals surface area contributed by atoms with E-state index >= 15 is 0 Å². The van der Waals surface area contributed by atoms with E-state index in [0.717, 1.165) is 10.0 Å². The second-order valence-electron chi connectivity index (χ2n) is 6.85. The standard InChI is InChI=1S/C20H23BrN2O4S/c1-14-5-10-19(27-2)18(12-14)22-20(24)15-4-3-11-23(13-15)28(25,26)17-8-6-16(21)7-9-17/h5-10,12,15H,3-4,11,13H2,1-2H3,(H,22,24)/t15-/m1/s1. The van der Waals surface area contributed by atoms with Crippen molar-refractivity contribution in [2.75, 3.05) is 25.5 Å². The largest absolute Gasteiger partial charge is 0.495 e. The zero-order valence-corrected chi connectivity index (χ0v) is 18.2. The molecule has 2 aromatic carbocycles. The zero-order chi connectivity index (χ0) is 20.3. The van der Waals surface area contributed by atoms with E-state index < -0.39 is 15.9 Å². The van der Waals surface area contributed by atoms with Crippen molar-refractivity contribution in [1.29, 1.82) is 0 Å². The average molecular weight is 467 g/mol. The molecule has 1 aliphatic heterocycles. The number of hydrogen-bond donors (Lipinski definition) is 1. The number of hydrogen-bond acceptors (Lipinski definition) is 4. The van der Waals surface area contributed by atoms with Crippen LogP contribution in [0.1, 0.15) is 18.4 Å². The molecule has 1 fully saturated rings. The molecule has 1 amide bonds. The first kappa shape index (κ1) is 20.8. The van der Waals surface area contributed by atoms with Crippen LogP contribution in [0.3, 0.4) is 0 Å². The Hall–Kier alpha value is -1.90. The summed E-state index contributed by atoms with van der Waals surface area (Å²) in [7, 11) is -2.08. The Morgan fingerprint density at radius 3 is 2.61 bits per heavy atom. The average Bonchev–Trinajstić information content (AvgIpc) is 2.68. The predicted octanol–water partition coefficient (Wildman–Crippen LogP) is 3.81. The first-order valence-electron chi connectivity index (χ1n) is 9.02. The summed E-state index contributed by atoms with van der Waals surface area (Å²) >= 11 is 3.31. The molecule has 0 aliphatic carbocycles. The highest BCUT2D eigenvalue weighted by Crippen LogP contribution is 2.29. The van der Waals surface area contributed by atoms with E-state index in [1.54, 1.807) is 37.4 Å². The van der Waals surface area contributed by atoms with Gasteiger partial charge in [0, 0.05) is 17.6 Å². The van der Waals surface area contributed by atoms with Gasteiger partial charge >= 0.3 is 0 Å². The third-order valence-electron chi connectivity index (χ3n) is 4.82. The maximum absolute atomic E-state index is 12.9. The van der Waals surface area contributed by atoms with Crippen molar-refractivity contribution in [3.63, 3.8) is 0 Å². The number of amides is 1. The highest BCUT2D eigenvalue weighted by atomic mass is 79.9. The molecule has 6 nitrogen and oxygen atoms in total. The number of halogens is 1. The number of carbonyl (C=O) groups excluding carboxylic acids is 1. The third kappa shape index (κ3) is 4.56. The van der Waals surface area contributed by atoms with E-state index in [1.165, 1.54) is 4.31 Å². The van der Waals surface area contributed by atoms with Crippen LogP contribution >= 0.6 is 15.9 Å². The van der Waals surface area contributed by atoms with Crippen LogP contribution in [0, 0.1) is 12.8 Å². The molecule has 150 valence electrons. The van der Waals surface area contributed by atoms with E-state index in [-0.39, 0.29) is 17.3 Å². The van der Waals surface area contributed by atoms with Crippen LogP contribution in [0.15, 0.2) is 51.8 Å². The Morgan fingerprint density at radius 1 is 1.21 bits per heavy atom. The minimum absolute atomic E-state index is 0.165. The predicted molar refractivity (Wildman–Crippen MR) is 112 cm³/mol. The van der Waals surface area contributed by atoms with Crippen molar-refractivity contribution in [2.24, 2.45) is 5.92 Å². The van der Waals surface area contributed by atoms with Crippen molar-refractivity contribution >= 4 is 37.5 Å². The van der Waals surface area contributed by atoms with Gasteiger partial charge in [0.15, 0.2) is 0 Å². The zero-order valence-electron chi connectivity index (χ0n) is 15.8. The smallest absolute Gasteiger partial charge is 0.243 e. The number of sulfonamides is 1. The summed E-state index contributed by atoms with van der Waals surface area (Å²) in [5.41, 5.74) is 1.60. The molecule has 28 heavy (non-hydrogen) atoms. The molecule has 3 rings (SSSR count). The van der Waals surface area contributed by atoms with Crippen molar-refractivity contribution in [2.45, 2.75) is 24.7 Å². The van der Waals surface area contributed by atoms with Gasteiger partial charge in [-0.05, 0) is 61.7 Å². The molecule has 0 radical (unpaired) electrons. The van der Waals surface area contributed by atoms with Crippen LogP contribution in [0.4, 0.5) is 5.69 Å². The normalized spacial score (nSPS) is 17.9. The van der Waals surface area contributed by atoms with Crippen LogP contribution in [-0.4, -0.2) is 38.8 Å². The van der Waals surface area contributed by atoms with Crippen molar-refractivity contribution in [3.8, 4) is 5.75 Å². The number of carbonyl (C=O) groups is 1. The summed E-state index contributed by atoms with van der Waals surface area (Å²) in [4.78, 5) is 13.0. The summed E-state index contributed by atoms with van der Waals surface area (Å²) < 4.78 is 33.4. The second kappa shape index (κ2) is 8.63. The number of piperidine rings is 1. The van der Waals surface area contributed by atoms with Gasteiger partial charge in [-0.3, -0.25) is 4.79 Å². The lowest BCUT2D eigenvalue weighted by atomic mass is 9.98. The molecule has 1 atom stereocenters. The van der Waals surface area contributed by atoms with E-state index in [1.807, 2.05) is 19.1 Å². The third-order valence-corrected chi connectivity index (χ3v) is 7.23. The van der Waals surface area contributed by atoms with Gasteiger partial charge in [-0.25, -0.2) is 8.42 Å². The van der Waals surface area contributed by atoms with Gasteiger partial charge in [0.1, 0.15) is 5.75 Å². The molecule has 0 spiro atoms. The van der Waals surface area contributed by atoms with Gasteiger partial charge in [0.25, 0.3) is 0 Å². The Labute approximate surface area is 174 Å². The van der Waals surface area contributed by atoms with Gasteiger partial charge in [-0.15, -0.1) is 0 Å². The van der Waals surface area contributed by atoms with Crippen LogP contribution in [0.2, 0.25) is 0 Å². The van der Waals surface area contributed by atoms with E-state index in [4.69, 9.17) is 4.74 Å². The molecular weight excluding hydrogens is 444 g/mol. The lowest BCUT2D eigenvalue weighted by Crippen LogP contribution is -2.43. The fourth-order valence-corrected chi connectivity index (χ4v) is 5.07. The Balaban J connectivity index is 1.75. The number of nitrogens with one attached hydrogen (secondary N) is 1. The number of benzene rings is 2. The Kier molecular flexibility index (Phi) is 6.42. The molecule has 1 heterocycles. The van der Waals surface area contributed by atoms with Gasteiger partial charge in [-0.1, -0.05) is 22.0 Å². The maximum Gasteiger partial charge on any atom is 0.243 e. The maximum atomic E-state index is 12.9. The van der Waals surface area contributed by atoms with Crippen LogP contribution in [0.5, 0.6) is 5.75 Å². The summed E-state index contributed by atoms with van der Waals surface area (Å²) in [6.07, 6.45) is 1.28. The number of methoxy groups -OCH3 is 1. The minimum atomic E-state index is -3.63. The summed E-state index contributed by atoms with van der Waals surface area (Å²) in [6, 6.07) is 12.1. The fourth-order valence-electron chi connectivity index (χ4n) is 3.28. The van der Waals surface area contributed by atoms with Crippen molar-refractivity contribution in [1.82, 2.24) is 4.31 Å². The lowest BCUT2D eigenvalue weighted by molar-refractivity contribution is -0.120. The van der Waals surface area contributed by atoms with E-state index in [9.17, 15) is 13.2 Å². The number of rotatable bonds is 5. The van der Waals surface area contributed by atoms with Gasteiger partial charge in [0.05, 0.1) is 23.6 Å². The van der Waals surface area contributed by atoms with E-state index in [2.05, 4.69) is 21.2 Å². The number of anilines is 1. The Morgan fingerprint density at radius 2 is 1.93 bits per heavy atom. The molecule has 0 aromatic heterocycles. The second-order valence-corrected chi connectivity index (χ2v) is 9.70. The molecule has 1 saturated heterocycles. The highest BCUT2D eigenvalue weighted by molar-refractivity contribution is 9.10. The molecule has 8 heteroatoms. The first-order valence-corrected chi connectivity index (χ1v) is 11.3. The molecular formula is C20H23BrN2O4S. The highest BCUT2D eigenvalue weighted by Gasteiger charge is 2.33. The lowest BCUT2D eigenvalue weighted by Gasteiger charge is -2.31. The molecule has 1 aliphatic rings. The van der Waals surface area contributed by atoms with E-state index in [0.29, 0.717) is 30.8 Å².